The predicted octanol–water partition coefficient (Wildman–Crippen LogP) is 3.23. The molecule has 2 aromatic carbocycles. The largest absolute Gasteiger partial charge is 0.482 e. The third-order valence-electron chi connectivity index (χ3n) is 4.49. The van der Waals surface area contributed by atoms with Gasteiger partial charge in [0.2, 0.25) is 0 Å². The molecule has 1 amide bonds. The third-order valence-corrected chi connectivity index (χ3v) is 4.49. The van der Waals surface area contributed by atoms with Crippen molar-refractivity contribution in [1.29, 1.82) is 0 Å². The molecule has 7 heteroatoms. The second-order valence-corrected chi connectivity index (χ2v) is 6.70. The smallest absolute Gasteiger partial charge is 0.341 e. The molecule has 0 radical (unpaired) electrons. The number of hydrogen-bond acceptors (Lipinski definition) is 5. The van der Waals surface area contributed by atoms with Gasteiger partial charge in [0.15, 0.2) is 6.61 Å². The topological polar surface area (TPSA) is 91.2 Å². The molecule has 0 saturated heterocycles. The summed E-state index contributed by atoms with van der Waals surface area (Å²) in [5.41, 5.74) is 3.56. The molecule has 1 aliphatic heterocycles. The maximum atomic E-state index is 12.5. The molecular formula is C21H23N3O4. The fraction of sp³-hybridized carbons (Fsp3) is 0.286. The number of carbonyl (C=O) groups excluding carboxylic acids is 1. The lowest BCUT2D eigenvalue weighted by Gasteiger charge is -2.16. The van der Waals surface area contributed by atoms with E-state index < -0.39 is 5.97 Å². The van der Waals surface area contributed by atoms with Crippen LogP contribution in [-0.2, 0) is 4.79 Å². The first-order valence-corrected chi connectivity index (χ1v) is 9.09. The first kappa shape index (κ1) is 19.4. The molecule has 0 bridgehead atoms. The normalized spacial score (nSPS) is 14.4. The predicted molar refractivity (Wildman–Crippen MR) is 107 cm³/mol. The maximum Gasteiger partial charge on any atom is 0.341 e. The van der Waals surface area contributed by atoms with Crippen LogP contribution in [0.15, 0.2) is 53.6 Å². The molecule has 0 spiro atoms. The van der Waals surface area contributed by atoms with Crippen LogP contribution in [0, 0.1) is 0 Å². The van der Waals surface area contributed by atoms with E-state index in [2.05, 4.69) is 10.4 Å². The monoisotopic (exact) mass is 381 g/mol. The molecule has 0 aromatic heterocycles. The van der Waals surface area contributed by atoms with E-state index in [1.54, 1.807) is 36.4 Å². The molecule has 146 valence electrons. The van der Waals surface area contributed by atoms with E-state index in [0.29, 0.717) is 11.3 Å². The molecular weight excluding hydrogens is 358 g/mol. The summed E-state index contributed by atoms with van der Waals surface area (Å²) >= 11 is 0. The lowest BCUT2D eigenvalue weighted by molar-refractivity contribution is -0.139. The molecule has 0 saturated carbocycles. The fourth-order valence-electron chi connectivity index (χ4n) is 2.91. The number of nitrogens with zero attached hydrogens (tertiary/aromatic N) is 2. The van der Waals surface area contributed by atoms with E-state index in [9.17, 15) is 9.59 Å². The highest BCUT2D eigenvalue weighted by molar-refractivity contribution is 5.95. The Morgan fingerprint density at radius 1 is 1.18 bits per heavy atom. The van der Waals surface area contributed by atoms with E-state index in [1.807, 2.05) is 31.0 Å². The Kier molecular flexibility index (Phi) is 5.93. The van der Waals surface area contributed by atoms with Crippen molar-refractivity contribution in [3.8, 4) is 5.75 Å². The van der Waals surface area contributed by atoms with Crippen LogP contribution in [0.1, 0.15) is 42.2 Å². The van der Waals surface area contributed by atoms with Gasteiger partial charge in [0, 0.05) is 24.2 Å². The van der Waals surface area contributed by atoms with Gasteiger partial charge in [-0.2, -0.15) is 5.10 Å². The second-order valence-electron chi connectivity index (χ2n) is 6.70. The van der Waals surface area contributed by atoms with Gasteiger partial charge in [0.25, 0.3) is 5.91 Å². The minimum atomic E-state index is -1.03. The van der Waals surface area contributed by atoms with Crippen molar-refractivity contribution in [1.82, 2.24) is 5.32 Å². The number of rotatable bonds is 7. The van der Waals surface area contributed by atoms with Crippen LogP contribution in [0.2, 0.25) is 0 Å². The van der Waals surface area contributed by atoms with Crippen molar-refractivity contribution < 1.29 is 19.4 Å². The van der Waals surface area contributed by atoms with Crippen LogP contribution in [0.25, 0.3) is 0 Å². The summed E-state index contributed by atoms with van der Waals surface area (Å²) in [6.45, 7) is 4.37. The van der Waals surface area contributed by atoms with E-state index in [0.717, 1.165) is 29.9 Å². The number of ether oxygens (including phenoxy) is 1. The number of anilines is 1. The standard InChI is InChI=1S/C21H23N3O4/c1-14-11-12-24(23-14)18-7-3-17(4-8-18)21(27)22-15(2)16-5-9-19(10-6-16)28-13-20(25)26/h3-10,15H,11-13H2,1-2H3,(H,22,27)(H,25,26). The Morgan fingerprint density at radius 2 is 1.86 bits per heavy atom. The zero-order valence-corrected chi connectivity index (χ0v) is 15.9. The van der Waals surface area contributed by atoms with Gasteiger partial charge in [-0.3, -0.25) is 9.80 Å². The van der Waals surface area contributed by atoms with Crippen LogP contribution < -0.4 is 15.1 Å². The highest BCUT2D eigenvalue weighted by Gasteiger charge is 2.15. The van der Waals surface area contributed by atoms with Gasteiger partial charge in [-0.15, -0.1) is 0 Å². The molecule has 2 N–H and O–H groups in total. The summed E-state index contributed by atoms with van der Waals surface area (Å²) in [5.74, 6) is -0.714. The maximum absolute atomic E-state index is 12.5. The quantitative estimate of drug-likeness (QED) is 0.768. The van der Waals surface area contributed by atoms with Gasteiger partial charge in [0.1, 0.15) is 5.75 Å². The summed E-state index contributed by atoms with van der Waals surface area (Å²) in [7, 11) is 0. The van der Waals surface area contributed by atoms with Crippen LogP contribution in [0.5, 0.6) is 5.75 Å². The Hall–Kier alpha value is -3.35. The minimum absolute atomic E-state index is 0.161. The van der Waals surface area contributed by atoms with Crippen molar-refractivity contribution in [3.05, 3.63) is 59.7 Å². The molecule has 1 atom stereocenters. The molecule has 0 aliphatic carbocycles. The van der Waals surface area contributed by atoms with Gasteiger partial charge in [-0.25, -0.2) is 4.79 Å². The third kappa shape index (κ3) is 4.88. The molecule has 28 heavy (non-hydrogen) atoms. The average molecular weight is 381 g/mol. The van der Waals surface area contributed by atoms with Gasteiger partial charge in [-0.1, -0.05) is 12.1 Å². The van der Waals surface area contributed by atoms with Crippen LogP contribution in [0.3, 0.4) is 0 Å². The van der Waals surface area contributed by atoms with Crippen molar-refractivity contribution in [2.24, 2.45) is 5.10 Å². The van der Waals surface area contributed by atoms with Gasteiger partial charge in [-0.05, 0) is 55.8 Å². The molecule has 0 fully saturated rings. The molecule has 2 aromatic rings. The SMILES string of the molecule is CC1=NN(c2ccc(C(=O)NC(C)c3ccc(OCC(=O)O)cc3)cc2)CC1. The summed E-state index contributed by atoms with van der Waals surface area (Å²) in [6.07, 6.45) is 0.958. The number of amides is 1. The summed E-state index contributed by atoms with van der Waals surface area (Å²) in [6, 6.07) is 14.2. The number of carboxylic acids is 1. The van der Waals surface area contributed by atoms with Gasteiger partial charge >= 0.3 is 5.97 Å². The van der Waals surface area contributed by atoms with Crippen molar-refractivity contribution >= 4 is 23.3 Å². The second kappa shape index (κ2) is 8.56. The van der Waals surface area contributed by atoms with Crippen molar-refractivity contribution in [2.45, 2.75) is 26.3 Å². The first-order valence-electron chi connectivity index (χ1n) is 9.09. The van der Waals surface area contributed by atoms with E-state index >= 15 is 0 Å². The number of aliphatic carboxylic acids is 1. The van der Waals surface area contributed by atoms with Crippen molar-refractivity contribution in [2.75, 3.05) is 18.2 Å². The number of hydrogen-bond donors (Lipinski definition) is 2. The van der Waals surface area contributed by atoms with Crippen molar-refractivity contribution in [3.63, 3.8) is 0 Å². The van der Waals surface area contributed by atoms with Crippen LogP contribution in [0.4, 0.5) is 5.69 Å². The van der Waals surface area contributed by atoms with Crippen LogP contribution in [-0.4, -0.2) is 35.8 Å². The molecule has 7 nitrogen and oxygen atoms in total. The number of carbonyl (C=O) groups is 2. The first-order chi connectivity index (χ1) is 13.4. The zero-order valence-electron chi connectivity index (χ0n) is 15.9. The highest BCUT2D eigenvalue weighted by Crippen LogP contribution is 2.21. The Bertz CT molecular complexity index is 876. The highest BCUT2D eigenvalue weighted by atomic mass is 16.5. The molecule has 1 aliphatic rings. The molecule has 3 rings (SSSR count). The fourth-order valence-corrected chi connectivity index (χ4v) is 2.91. The summed E-state index contributed by atoms with van der Waals surface area (Å²) in [4.78, 5) is 23.0. The molecule has 1 unspecified atom stereocenters. The molecule has 1 heterocycles. The van der Waals surface area contributed by atoms with Crippen LogP contribution >= 0.6 is 0 Å². The number of nitrogens with one attached hydrogen (secondary N) is 1. The van der Waals surface area contributed by atoms with E-state index in [-0.39, 0.29) is 18.6 Å². The minimum Gasteiger partial charge on any atom is -0.482 e. The Labute approximate surface area is 163 Å². The lowest BCUT2D eigenvalue weighted by Crippen LogP contribution is -2.26. The number of benzene rings is 2. The number of hydrazone groups is 1. The number of carboxylic acid groups (broad SMARTS) is 1. The Balaban J connectivity index is 1.58. The lowest BCUT2D eigenvalue weighted by atomic mass is 10.1. The van der Waals surface area contributed by atoms with E-state index in [1.165, 1.54) is 0 Å². The summed E-state index contributed by atoms with van der Waals surface area (Å²) < 4.78 is 5.11. The Morgan fingerprint density at radius 3 is 2.43 bits per heavy atom. The summed E-state index contributed by atoms with van der Waals surface area (Å²) in [5, 5.41) is 18.0. The van der Waals surface area contributed by atoms with Gasteiger partial charge < -0.3 is 15.2 Å². The zero-order chi connectivity index (χ0) is 20.1. The van der Waals surface area contributed by atoms with E-state index in [4.69, 9.17) is 9.84 Å². The van der Waals surface area contributed by atoms with Gasteiger partial charge in [0.05, 0.1) is 11.7 Å². The average Bonchev–Trinajstić information content (AvgIpc) is 3.13.